The number of rotatable bonds is 1. The van der Waals surface area contributed by atoms with Crippen LogP contribution in [0.1, 0.15) is 5.56 Å². The molecule has 84 valence electrons. The smallest absolute Gasteiger partial charge is 0.263 e. The molecule has 0 aliphatic carbocycles. The van der Waals surface area contributed by atoms with Crippen molar-refractivity contribution in [3.63, 3.8) is 0 Å². The van der Waals surface area contributed by atoms with Crippen LogP contribution in [0.25, 0.3) is 17.0 Å². The van der Waals surface area contributed by atoms with Gasteiger partial charge >= 0.3 is 0 Å². The molecule has 1 amide bonds. The van der Waals surface area contributed by atoms with E-state index < -0.39 is 0 Å². The molecule has 2 N–H and O–H groups in total. The second-order valence-electron chi connectivity index (χ2n) is 3.52. The topological polar surface area (TPSA) is 57.8 Å². The molecule has 2 aromatic heterocycles. The first-order valence-corrected chi connectivity index (χ1v) is 6.12. The highest BCUT2D eigenvalue weighted by molar-refractivity contribution is 8.26. The number of nitrogens with zero attached hydrogens (tertiary/aromatic N) is 1. The van der Waals surface area contributed by atoms with Crippen molar-refractivity contribution in [2.45, 2.75) is 0 Å². The Balaban J connectivity index is 2.08. The van der Waals surface area contributed by atoms with Gasteiger partial charge in [-0.05, 0) is 12.1 Å². The summed E-state index contributed by atoms with van der Waals surface area (Å²) < 4.78 is 0.499. The Morgan fingerprint density at radius 2 is 2.35 bits per heavy atom. The minimum absolute atomic E-state index is 0.141. The van der Waals surface area contributed by atoms with Crippen LogP contribution in [0.5, 0.6) is 0 Å². The second-order valence-corrected chi connectivity index (χ2v) is 5.24. The van der Waals surface area contributed by atoms with Gasteiger partial charge < -0.3 is 10.3 Å². The summed E-state index contributed by atoms with van der Waals surface area (Å²) in [7, 11) is 0. The van der Waals surface area contributed by atoms with Crippen LogP contribution >= 0.6 is 24.0 Å². The molecule has 3 rings (SSSR count). The number of aromatic amines is 1. The third-order valence-corrected chi connectivity index (χ3v) is 3.61. The Hall–Kier alpha value is -1.66. The Morgan fingerprint density at radius 1 is 1.47 bits per heavy atom. The molecule has 2 aromatic rings. The molecule has 0 bridgehead atoms. The highest BCUT2D eigenvalue weighted by Gasteiger charge is 2.22. The highest BCUT2D eigenvalue weighted by Crippen LogP contribution is 2.28. The fourth-order valence-electron chi connectivity index (χ4n) is 1.67. The van der Waals surface area contributed by atoms with Crippen molar-refractivity contribution in [2.75, 3.05) is 0 Å². The summed E-state index contributed by atoms with van der Waals surface area (Å²) in [5.41, 5.74) is 1.94. The van der Waals surface area contributed by atoms with Gasteiger partial charge in [-0.3, -0.25) is 9.78 Å². The number of hydrogen-bond acceptors (Lipinski definition) is 4. The molecule has 1 fully saturated rings. The van der Waals surface area contributed by atoms with Crippen LogP contribution in [0.15, 0.2) is 29.6 Å². The number of thioether (sulfide) groups is 1. The standard InChI is InChI=1S/C11H7N3OS2/c15-10-9(17-11(16)14-10)3-6-4-13-8-1-2-12-5-7(6)8/h1-5,13H,(H,14,15,16)/b9-3-. The summed E-state index contributed by atoms with van der Waals surface area (Å²) in [6.07, 6.45) is 7.17. The van der Waals surface area contributed by atoms with E-state index in [4.69, 9.17) is 12.2 Å². The van der Waals surface area contributed by atoms with E-state index in [1.165, 1.54) is 11.8 Å². The average molecular weight is 261 g/mol. The highest BCUT2D eigenvalue weighted by atomic mass is 32.2. The van der Waals surface area contributed by atoms with Crippen LogP contribution in [-0.4, -0.2) is 20.2 Å². The number of hydrogen-bond donors (Lipinski definition) is 2. The van der Waals surface area contributed by atoms with E-state index in [-0.39, 0.29) is 5.91 Å². The average Bonchev–Trinajstić information content (AvgIpc) is 2.85. The number of amides is 1. The number of carbonyl (C=O) groups is 1. The molecular weight excluding hydrogens is 254 g/mol. The zero-order valence-electron chi connectivity index (χ0n) is 8.56. The van der Waals surface area contributed by atoms with Gasteiger partial charge in [-0.15, -0.1) is 0 Å². The molecular formula is C11H7N3OS2. The molecule has 3 heterocycles. The first-order chi connectivity index (χ1) is 8.24. The summed E-state index contributed by atoms with van der Waals surface area (Å²) in [6, 6.07) is 1.89. The number of thiocarbonyl (C=S) groups is 1. The summed E-state index contributed by atoms with van der Waals surface area (Å²) in [6.45, 7) is 0. The third kappa shape index (κ3) is 1.85. The zero-order valence-corrected chi connectivity index (χ0v) is 10.2. The Bertz CT molecular complexity index is 660. The zero-order chi connectivity index (χ0) is 11.8. The summed E-state index contributed by atoms with van der Waals surface area (Å²) in [4.78, 5) is 19.3. The fourth-order valence-corrected chi connectivity index (χ4v) is 2.70. The van der Waals surface area contributed by atoms with Crippen molar-refractivity contribution < 1.29 is 4.79 Å². The van der Waals surface area contributed by atoms with E-state index in [1.807, 2.05) is 18.3 Å². The van der Waals surface area contributed by atoms with Crippen molar-refractivity contribution in [2.24, 2.45) is 0 Å². The Morgan fingerprint density at radius 3 is 3.12 bits per heavy atom. The lowest BCUT2D eigenvalue weighted by Gasteiger charge is -1.92. The van der Waals surface area contributed by atoms with E-state index in [0.717, 1.165) is 16.5 Å². The predicted octanol–water partition coefficient (Wildman–Crippen LogP) is 2.05. The molecule has 0 radical (unpaired) electrons. The largest absolute Gasteiger partial charge is 0.360 e. The van der Waals surface area contributed by atoms with Gasteiger partial charge in [0.15, 0.2) is 0 Å². The van der Waals surface area contributed by atoms with E-state index >= 15 is 0 Å². The van der Waals surface area contributed by atoms with Crippen molar-refractivity contribution in [1.82, 2.24) is 15.3 Å². The maximum absolute atomic E-state index is 11.5. The molecule has 1 aliphatic heterocycles. The molecule has 1 saturated heterocycles. The molecule has 4 nitrogen and oxygen atoms in total. The molecule has 17 heavy (non-hydrogen) atoms. The Kier molecular flexibility index (Phi) is 2.45. The van der Waals surface area contributed by atoms with Crippen molar-refractivity contribution >= 4 is 51.2 Å². The van der Waals surface area contributed by atoms with Crippen LogP contribution in [-0.2, 0) is 4.79 Å². The van der Waals surface area contributed by atoms with Gasteiger partial charge in [0.25, 0.3) is 5.91 Å². The van der Waals surface area contributed by atoms with Gasteiger partial charge in [0.1, 0.15) is 4.32 Å². The van der Waals surface area contributed by atoms with Gasteiger partial charge in [-0.1, -0.05) is 24.0 Å². The summed E-state index contributed by atoms with van der Waals surface area (Å²) >= 11 is 6.21. The molecule has 0 spiro atoms. The number of carbonyl (C=O) groups excluding carboxylic acids is 1. The second kappa shape index (κ2) is 3.97. The number of fused-ring (bicyclic) bond motifs is 1. The first-order valence-electron chi connectivity index (χ1n) is 4.90. The van der Waals surface area contributed by atoms with Crippen LogP contribution in [0.4, 0.5) is 0 Å². The lowest BCUT2D eigenvalue weighted by atomic mass is 10.2. The SMILES string of the molecule is O=C1NC(=S)S/C1=C\c1c[nH]c2ccncc12. The van der Waals surface area contributed by atoms with E-state index in [1.54, 1.807) is 12.4 Å². The normalized spacial score (nSPS) is 18.0. The maximum Gasteiger partial charge on any atom is 0.263 e. The maximum atomic E-state index is 11.5. The number of nitrogens with one attached hydrogen (secondary N) is 2. The van der Waals surface area contributed by atoms with Crippen molar-refractivity contribution in [3.8, 4) is 0 Å². The lowest BCUT2D eigenvalue weighted by Crippen LogP contribution is -2.17. The van der Waals surface area contributed by atoms with Crippen LogP contribution < -0.4 is 5.32 Å². The lowest BCUT2D eigenvalue weighted by molar-refractivity contribution is -0.115. The number of aromatic nitrogens is 2. The van der Waals surface area contributed by atoms with E-state index in [2.05, 4.69) is 15.3 Å². The van der Waals surface area contributed by atoms with Gasteiger partial charge in [0, 0.05) is 35.1 Å². The monoisotopic (exact) mass is 261 g/mol. The minimum Gasteiger partial charge on any atom is -0.360 e. The van der Waals surface area contributed by atoms with Crippen molar-refractivity contribution in [1.29, 1.82) is 0 Å². The van der Waals surface area contributed by atoms with Crippen molar-refractivity contribution in [3.05, 3.63) is 35.1 Å². The molecule has 0 saturated carbocycles. The summed E-state index contributed by atoms with van der Waals surface area (Å²) in [5.74, 6) is -0.141. The predicted molar refractivity (Wildman–Crippen MR) is 72.4 cm³/mol. The summed E-state index contributed by atoms with van der Waals surface area (Å²) in [5, 5.41) is 3.58. The fraction of sp³-hybridized carbons (Fsp3) is 0. The van der Waals surface area contributed by atoms with E-state index in [0.29, 0.717) is 9.23 Å². The van der Waals surface area contributed by atoms with Crippen LogP contribution in [0.3, 0.4) is 0 Å². The van der Waals surface area contributed by atoms with Crippen LogP contribution in [0, 0.1) is 0 Å². The Labute approximate surface area is 106 Å². The number of pyridine rings is 1. The molecule has 6 heteroatoms. The molecule has 0 aromatic carbocycles. The van der Waals surface area contributed by atoms with Gasteiger partial charge in [-0.2, -0.15) is 0 Å². The van der Waals surface area contributed by atoms with Gasteiger partial charge in [-0.25, -0.2) is 0 Å². The first kappa shape index (κ1) is 10.5. The van der Waals surface area contributed by atoms with Gasteiger partial charge in [0.2, 0.25) is 0 Å². The molecule has 0 atom stereocenters. The number of H-pyrrole nitrogens is 1. The van der Waals surface area contributed by atoms with Gasteiger partial charge in [0.05, 0.1) is 4.91 Å². The minimum atomic E-state index is -0.141. The molecule has 1 aliphatic rings. The third-order valence-electron chi connectivity index (χ3n) is 2.44. The van der Waals surface area contributed by atoms with Crippen LogP contribution in [0.2, 0.25) is 0 Å². The van der Waals surface area contributed by atoms with E-state index in [9.17, 15) is 4.79 Å². The quantitative estimate of drug-likeness (QED) is 0.609. The molecule has 0 unspecified atom stereocenters.